The molecule has 0 radical (unpaired) electrons. The lowest BCUT2D eigenvalue weighted by atomic mass is 10.2. The maximum Gasteiger partial charge on any atom is 0.225 e. The standard InChI is InChI=1S/C14H11FN4OS2/c1-8(20)19(9-5-6-9)13-17-18-14(22-13)21-12-4-2-3-11(15)10(12)7-16/h2-4,9H,5-6H2,1H3. The number of benzene rings is 1. The molecule has 0 unspecified atom stereocenters. The molecule has 1 aliphatic rings. The Morgan fingerprint density at radius 3 is 2.91 bits per heavy atom. The van der Waals surface area contributed by atoms with E-state index < -0.39 is 5.82 Å². The Hall–Kier alpha value is -1.98. The summed E-state index contributed by atoms with van der Waals surface area (Å²) in [6.07, 6.45) is 1.95. The summed E-state index contributed by atoms with van der Waals surface area (Å²) in [6, 6.07) is 6.53. The molecule has 0 bridgehead atoms. The number of hydrogen-bond donors (Lipinski definition) is 0. The summed E-state index contributed by atoms with van der Waals surface area (Å²) in [5.74, 6) is -0.612. The molecule has 2 aromatic rings. The van der Waals surface area contributed by atoms with Crippen molar-refractivity contribution < 1.29 is 9.18 Å². The van der Waals surface area contributed by atoms with Crippen molar-refractivity contribution >= 4 is 34.1 Å². The number of aromatic nitrogens is 2. The van der Waals surface area contributed by atoms with Gasteiger partial charge in [-0.3, -0.25) is 9.69 Å². The van der Waals surface area contributed by atoms with Crippen molar-refractivity contribution in [2.24, 2.45) is 0 Å². The van der Waals surface area contributed by atoms with Crippen LogP contribution >= 0.6 is 23.1 Å². The monoisotopic (exact) mass is 334 g/mol. The van der Waals surface area contributed by atoms with E-state index in [9.17, 15) is 9.18 Å². The minimum atomic E-state index is -0.555. The summed E-state index contributed by atoms with van der Waals surface area (Å²) >= 11 is 2.45. The Bertz CT molecular complexity index is 766. The van der Waals surface area contributed by atoms with Gasteiger partial charge in [0.15, 0.2) is 4.34 Å². The minimum Gasteiger partial charge on any atom is -0.284 e. The molecule has 0 spiro atoms. The normalized spacial score (nSPS) is 13.7. The second kappa shape index (κ2) is 6.02. The van der Waals surface area contributed by atoms with E-state index in [4.69, 9.17) is 5.26 Å². The number of rotatable bonds is 4. The fourth-order valence-electron chi connectivity index (χ4n) is 2.01. The molecule has 0 aliphatic heterocycles. The number of anilines is 1. The maximum atomic E-state index is 13.6. The lowest BCUT2D eigenvalue weighted by molar-refractivity contribution is -0.116. The molecule has 1 aliphatic carbocycles. The SMILES string of the molecule is CC(=O)N(c1nnc(Sc2cccc(F)c2C#N)s1)C1CC1. The van der Waals surface area contributed by atoms with Gasteiger partial charge in [0, 0.05) is 17.9 Å². The second-order valence-corrected chi connectivity index (χ2v) is 7.04. The first-order valence-electron chi connectivity index (χ1n) is 6.60. The van der Waals surface area contributed by atoms with Crippen molar-refractivity contribution in [1.29, 1.82) is 5.26 Å². The number of halogens is 1. The van der Waals surface area contributed by atoms with E-state index in [1.54, 1.807) is 17.0 Å². The average Bonchev–Trinajstić information content (AvgIpc) is 3.19. The quantitative estimate of drug-likeness (QED) is 0.803. The fourth-order valence-corrected chi connectivity index (χ4v) is 4.03. The summed E-state index contributed by atoms with van der Waals surface area (Å²) in [7, 11) is 0. The van der Waals surface area contributed by atoms with Crippen LogP contribution in [0.2, 0.25) is 0 Å². The topological polar surface area (TPSA) is 69.9 Å². The summed E-state index contributed by atoms with van der Waals surface area (Å²) in [5.41, 5.74) is -0.00475. The van der Waals surface area contributed by atoms with Crippen LogP contribution in [-0.4, -0.2) is 22.1 Å². The van der Waals surface area contributed by atoms with Crippen molar-refractivity contribution in [3.63, 3.8) is 0 Å². The highest BCUT2D eigenvalue weighted by Gasteiger charge is 2.34. The third-order valence-electron chi connectivity index (χ3n) is 3.14. The number of nitrogens with zero attached hydrogens (tertiary/aromatic N) is 4. The van der Waals surface area contributed by atoms with Crippen LogP contribution in [0.5, 0.6) is 0 Å². The van der Waals surface area contributed by atoms with Gasteiger partial charge >= 0.3 is 0 Å². The summed E-state index contributed by atoms with van der Waals surface area (Å²) in [4.78, 5) is 13.8. The molecule has 1 amide bonds. The average molecular weight is 334 g/mol. The Morgan fingerprint density at radius 1 is 1.50 bits per heavy atom. The molecular formula is C14H11FN4OS2. The summed E-state index contributed by atoms with van der Waals surface area (Å²) in [6.45, 7) is 1.51. The molecule has 3 rings (SSSR count). The minimum absolute atomic E-state index is 0.00475. The van der Waals surface area contributed by atoms with Gasteiger partial charge in [-0.1, -0.05) is 29.2 Å². The lowest BCUT2D eigenvalue weighted by Crippen LogP contribution is -2.30. The van der Waals surface area contributed by atoms with Crippen LogP contribution in [-0.2, 0) is 4.79 Å². The van der Waals surface area contributed by atoms with Crippen molar-refractivity contribution in [2.45, 2.75) is 35.0 Å². The molecule has 5 nitrogen and oxygen atoms in total. The predicted molar refractivity (Wildman–Crippen MR) is 81.3 cm³/mol. The molecule has 1 fully saturated rings. The zero-order chi connectivity index (χ0) is 15.7. The zero-order valence-corrected chi connectivity index (χ0v) is 13.2. The highest BCUT2D eigenvalue weighted by atomic mass is 32.2. The zero-order valence-electron chi connectivity index (χ0n) is 11.6. The number of carbonyl (C=O) groups excluding carboxylic acids is 1. The largest absolute Gasteiger partial charge is 0.284 e. The van der Waals surface area contributed by atoms with E-state index in [2.05, 4.69) is 10.2 Å². The highest BCUT2D eigenvalue weighted by molar-refractivity contribution is 8.01. The van der Waals surface area contributed by atoms with Gasteiger partial charge in [-0.25, -0.2) is 4.39 Å². The van der Waals surface area contributed by atoms with E-state index in [0.717, 1.165) is 12.8 Å². The van der Waals surface area contributed by atoms with Gasteiger partial charge in [0.05, 0.1) is 0 Å². The number of nitriles is 1. The van der Waals surface area contributed by atoms with Crippen molar-refractivity contribution in [3.05, 3.63) is 29.6 Å². The first kappa shape index (κ1) is 14.9. The predicted octanol–water partition coefficient (Wildman–Crippen LogP) is 3.22. The fraction of sp³-hybridized carbons (Fsp3) is 0.286. The van der Waals surface area contributed by atoms with Crippen molar-refractivity contribution in [3.8, 4) is 6.07 Å². The molecule has 8 heteroatoms. The molecule has 1 aromatic carbocycles. The maximum absolute atomic E-state index is 13.6. The van der Waals surface area contributed by atoms with Gasteiger partial charge in [0.2, 0.25) is 11.0 Å². The highest BCUT2D eigenvalue weighted by Crippen LogP contribution is 2.38. The van der Waals surface area contributed by atoms with Crippen LogP contribution in [0.15, 0.2) is 27.4 Å². The van der Waals surface area contributed by atoms with E-state index in [1.165, 1.54) is 36.1 Å². The molecule has 112 valence electrons. The third-order valence-corrected chi connectivity index (χ3v) is 5.17. The molecule has 1 aromatic heterocycles. The Labute approximate surface area is 134 Å². The molecule has 0 atom stereocenters. The molecule has 0 N–H and O–H groups in total. The van der Waals surface area contributed by atoms with E-state index in [-0.39, 0.29) is 17.5 Å². The van der Waals surface area contributed by atoms with E-state index in [0.29, 0.717) is 14.4 Å². The van der Waals surface area contributed by atoms with Gasteiger partial charge in [0.1, 0.15) is 17.4 Å². The molecule has 1 saturated carbocycles. The number of hydrogen-bond acceptors (Lipinski definition) is 6. The van der Waals surface area contributed by atoms with Crippen LogP contribution in [0, 0.1) is 17.1 Å². The Kier molecular flexibility index (Phi) is 4.09. The van der Waals surface area contributed by atoms with E-state index in [1.807, 2.05) is 6.07 Å². The van der Waals surface area contributed by atoms with Crippen LogP contribution in [0.4, 0.5) is 9.52 Å². The summed E-state index contributed by atoms with van der Waals surface area (Å²) in [5, 5.41) is 17.7. The number of carbonyl (C=O) groups is 1. The van der Waals surface area contributed by atoms with Crippen LogP contribution in [0.3, 0.4) is 0 Å². The molecule has 1 heterocycles. The second-order valence-electron chi connectivity index (χ2n) is 4.80. The Morgan fingerprint density at radius 2 is 2.27 bits per heavy atom. The van der Waals surface area contributed by atoms with Crippen molar-refractivity contribution in [1.82, 2.24) is 10.2 Å². The van der Waals surface area contributed by atoms with Gasteiger partial charge in [-0.05, 0) is 25.0 Å². The van der Waals surface area contributed by atoms with Crippen LogP contribution in [0.25, 0.3) is 0 Å². The smallest absolute Gasteiger partial charge is 0.225 e. The first-order chi connectivity index (χ1) is 10.6. The van der Waals surface area contributed by atoms with Gasteiger partial charge < -0.3 is 0 Å². The van der Waals surface area contributed by atoms with Crippen LogP contribution in [0.1, 0.15) is 25.3 Å². The van der Waals surface area contributed by atoms with Crippen LogP contribution < -0.4 is 4.90 Å². The lowest BCUT2D eigenvalue weighted by Gasteiger charge is -2.15. The summed E-state index contributed by atoms with van der Waals surface area (Å²) < 4.78 is 14.2. The van der Waals surface area contributed by atoms with Gasteiger partial charge in [-0.15, -0.1) is 10.2 Å². The molecule has 0 saturated heterocycles. The first-order valence-corrected chi connectivity index (χ1v) is 8.23. The van der Waals surface area contributed by atoms with Crippen molar-refractivity contribution in [2.75, 3.05) is 4.90 Å². The van der Waals surface area contributed by atoms with Gasteiger partial charge in [0.25, 0.3) is 0 Å². The molecular weight excluding hydrogens is 323 g/mol. The van der Waals surface area contributed by atoms with Gasteiger partial charge in [-0.2, -0.15) is 5.26 Å². The van der Waals surface area contributed by atoms with E-state index >= 15 is 0 Å². The Balaban J connectivity index is 1.85. The third kappa shape index (κ3) is 2.96. The number of amides is 1. The molecule has 22 heavy (non-hydrogen) atoms.